The molecule has 3 rings (SSSR count). The van der Waals surface area contributed by atoms with E-state index in [-0.39, 0.29) is 27.0 Å². The monoisotopic (exact) mass is 387 g/mol. The maximum atomic E-state index is 12.1. The number of H-pyrrole nitrogens is 1. The second-order valence-electron chi connectivity index (χ2n) is 5.27. The number of ether oxygens (including phenoxy) is 1. The average Bonchev–Trinajstić information content (AvgIpc) is 3.03. The molecule has 0 amide bonds. The van der Waals surface area contributed by atoms with Crippen molar-refractivity contribution in [2.45, 2.75) is 0 Å². The number of benzene rings is 2. The summed E-state index contributed by atoms with van der Waals surface area (Å²) in [6, 6.07) is 13.3. The minimum absolute atomic E-state index is 0.113. The number of aliphatic hydroxyl groups excluding tert-OH is 1. The number of aliphatic hydroxyl groups is 1. The van der Waals surface area contributed by atoms with Crippen molar-refractivity contribution in [3.8, 4) is 6.07 Å². The van der Waals surface area contributed by atoms with E-state index in [1.54, 1.807) is 18.2 Å². The lowest BCUT2D eigenvalue weighted by molar-refractivity contribution is 0.0503. The van der Waals surface area contributed by atoms with Gasteiger partial charge in [-0.25, -0.2) is 9.78 Å². The molecule has 0 atom stereocenters. The van der Waals surface area contributed by atoms with E-state index in [1.807, 2.05) is 12.1 Å². The lowest BCUT2D eigenvalue weighted by Gasteiger charge is -2.06. The molecule has 0 bridgehead atoms. The third kappa shape index (κ3) is 3.80. The lowest BCUT2D eigenvalue weighted by Crippen LogP contribution is -2.09. The zero-order valence-electron chi connectivity index (χ0n) is 13.2. The van der Waals surface area contributed by atoms with Gasteiger partial charge in [-0.05, 0) is 30.3 Å². The molecule has 0 aliphatic heterocycles. The third-order valence-electron chi connectivity index (χ3n) is 3.46. The number of carbonyl (C=O) groups excluding carboxylic acids is 1. The van der Waals surface area contributed by atoms with Gasteiger partial charge in [0.05, 0.1) is 16.6 Å². The highest BCUT2D eigenvalue weighted by atomic mass is 35.5. The summed E-state index contributed by atoms with van der Waals surface area (Å²) in [5.41, 5.74) is 1.39. The summed E-state index contributed by atoms with van der Waals surface area (Å²) in [6.07, 6.45) is 0. The van der Waals surface area contributed by atoms with E-state index in [4.69, 9.17) is 27.9 Å². The molecule has 0 saturated carbocycles. The number of fused-ring (bicyclic) bond motifs is 1. The first-order valence-corrected chi connectivity index (χ1v) is 8.14. The van der Waals surface area contributed by atoms with Crippen LogP contribution in [0.1, 0.15) is 16.2 Å². The van der Waals surface area contributed by atoms with Crippen LogP contribution >= 0.6 is 23.2 Å². The van der Waals surface area contributed by atoms with Crippen LogP contribution in [0.15, 0.2) is 48.2 Å². The molecule has 0 radical (unpaired) electrons. The Kier molecular flexibility index (Phi) is 5.12. The molecule has 2 aromatic carbocycles. The van der Waals surface area contributed by atoms with Crippen molar-refractivity contribution in [1.82, 2.24) is 9.97 Å². The Morgan fingerprint density at radius 3 is 2.58 bits per heavy atom. The number of allylic oxidation sites excluding steroid dienone is 1. The molecular formula is C18H11Cl2N3O3. The molecule has 0 fully saturated rings. The highest BCUT2D eigenvalue weighted by Gasteiger charge is 2.16. The summed E-state index contributed by atoms with van der Waals surface area (Å²) in [6.45, 7) is -0.497. The predicted octanol–water partition coefficient (Wildman–Crippen LogP) is 4.52. The molecule has 8 heteroatoms. The minimum atomic E-state index is -0.733. The number of esters is 1. The van der Waals surface area contributed by atoms with Crippen molar-refractivity contribution in [1.29, 1.82) is 5.26 Å². The number of nitrogens with zero attached hydrogens (tertiary/aromatic N) is 2. The van der Waals surface area contributed by atoms with Gasteiger partial charge in [0.25, 0.3) is 0 Å². The Morgan fingerprint density at radius 2 is 1.92 bits per heavy atom. The Hall–Kier alpha value is -3.01. The predicted molar refractivity (Wildman–Crippen MR) is 98.0 cm³/mol. The number of hydrogen-bond acceptors (Lipinski definition) is 5. The fourth-order valence-corrected chi connectivity index (χ4v) is 2.81. The number of hydrogen-bond donors (Lipinski definition) is 2. The van der Waals surface area contributed by atoms with E-state index in [0.29, 0.717) is 11.0 Å². The number of aromatic nitrogens is 2. The molecule has 130 valence electrons. The van der Waals surface area contributed by atoms with Crippen LogP contribution in [-0.4, -0.2) is 27.7 Å². The molecule has 1 aromatic heterocycles. The minimum Gasteiger partial charge on any atom is -0.507 e. The van der Waals surface area contributed by atoms with E-state index in [2.05, 4.69) is 9.97 Å². The van der Waals surface area contributed by atoms with Gasteiger partial charge in [0.2, 0.25) is 0 Å². The van der Waals surface area contributed by atoms with E-state index in [0.717, 1.165) is 0 Å². The number of nitrogens with one attached hydrogen (secondary N) is 1. The van der Waals surface area contributed by atoms with Crippen LogP contribution in [0.5, 0.6) is 0 Å². The van der Waals surface area contributed by atoms with Crippen molar-refractivity contribution in [3.63, 3.8) is 0 Å². The van der Waals surface area contributed by atoms with E-state index >= 15 is 0 Å². The number of imidazole rings is 1. The van der Waals surface area contributed by atoms with Crippen LogP contribution in [0.2, 0.25) is 10.0 Å². The molecule has 0 unspecified atom stereocenters. The van der Waals surface area contributed by atoms with Gasteiger partial charge in [0.1, 0.15) is 18.2 Å². The number of halogens is 2. The Labute approximate surface area is 158 Å². The number of aromatic amines is 1. The largest absolute Gasteiger partial charge is 0.507 e. The molecule has 0 saturated heterocycles. The smallest absolute Gasteiger partial charge is 0.338 e. The molecule has 0 spiro atoms. The zero-order chi connectivity index (χ0) is 18.7. The van der Waals surface area contributed by atoms with Crippen molar-refractivity contribution in [3.05, 3.63) is 69.7 Å². The van der Waals surface area contributed by atoms with Gasteiger partial charge in [-0.1, -0.05) is 35.3 Å². The fourth-order valence-electron chi connectivity index (χ4n) is 2.29. The van der Waals surface area contributed by atoms with Gasteiger partial charge < -0.3 is 14.8 Å². The van der Waals surface area contributed by atoms with Crippen molar-refractivity contribution < 1.29 is 14.6 Å². The lowest BCUT2D eigenvalue weighted by atomic mass is 10.2. The summed E-state index contributed by atoms with van der Waals surface area (Å²) >= 11 is 11.7. The SMILES string of the molecule is N#C/C(=C(\O)COC(=O)c1cc(Cl)cc(Cl)c1)c1nc2ccccc2[nH]1. The molecule has 1 heterocycles. The zero-order valence-corrected chi connectivity index (χ0v) is 14.7. The first kappa shape index (κ1) is 17.8. The Morgan fingerprint density at radius 1 is 1.23 bits per heavy atom. The summed E-state index contributed by atoms with van der Waals surface area (Å²) < 4.78 is 5.02. The number of nitriles is 1. The molecule has 26 heavy (non-hydrogen) atoms. The van der Waals surface area contributed by atoms with Gasteiger partial charge in [-0.2, -0.15) is 5.26 Å². The van der Waals surface area contributed by atoms with Crippen LogP contribution < -0.4 is 0 Å². The topological polar surface area (TPSA) is 99.0 Å². The van der Waals surface area contributed by atoms with E-state index < -0.39 is 18.3 Å². The molecular weight excluding hydrogens is 377 g/mol. The van der Waals surface area contributed by atoms with Gasteiger partial charge in [-0.3, -0.25) is 0 Å². The van der Waals surface area contributed by atoms with Crippen LogP contribution in [0, 0.1) is 11.3 Å². The van der Waals surface area contributed by atoms with Gasteiger partial charge in [-0.15, -0.1) is 0 Å². The van der Waals surface area contributed by atoms with Crippen molar-refractivity contribution >= 4 is 45.8 Å². The highest BCUT2D eigenvalue weighted by Crippen LogP contribution is 2.21. The molecule has 0 aliphatic carbocycles. The third-order valence-corrected chi connectivity index (χ3v) is 3.90. The Bertz CT molecular complexity index is 1010. The molecule has 6 nitrogen and oxygen atoms in total. The normalized spacial score (nSPS) is 11.7. The summed E-state index contributed by atoms with van der Waals surface area (Å²) in [7, 11) is 0. The first-order valence-electron chi connectivity index (χ1n) is 7.38. The molecule has 2 N–H and O–H groups in total. The quantitative estimate of drug-likeness (QED) is 0.389. The van der Waals surface area contributed by atoms with E-state index in [9.17, 15) is 15.2 Å². The number of para-hydroxylation sites is 2. The van der Waals surface area contributed by atoms with Crippen molar-refractivity contribution in [2.75, 3.05) is 6.61 Å². The van der Waals surface area contributed by atoms with Crippen LogP contribution in [-0.2, 0) is 4.74 Å². The van der Waals surface area contributed by atoms with Crippen LogP contribution in [0.3, 0.4) is 0 Å². The average molecular weight is 388 g/mol. The maximum Gasteiger partial charge on any atom is 0.338 e. The second-order valence-corrected chi connectivity index (χ2v) is 6.14. The summed E-state index contributed by atoms with van der Waals surface area (Å²) in [4.78, 5) is 19.2. The first-order chi connectivity index (χ1) is 12.5. The summed E-state index contributed by atoms with van der Waals surface area (Å²) in [5.74, 6) is -0.969. The van der Waals surface area contributed by atoms with Gasteiger partial charge in [0, 0.05) is 10.0 Å². The van der Waals surface area contributed by atoms with E-state index in [1.165, 1.54) is 18.2 Å². The molecule has 3 aromatic rings. The van der Waals surface area contributed by atoms with Crippen molar-refractivity contribution in [2.24, 2.45) is 0 Å². The Balaban J connectivity index is 1.80. The number of carbonyl (C=O) groups is 1. The second kappa shape index (κ2) is 7.48. The fraction of sp³-hybridized carbons (Fsp3) is 0.0556. The van der Waals surface area contributed by atoms with Gasteiger partial charge in [0.15, 0.2) is 11.6 Å². The van der Waals surface area contributed by atoms with Crippen LogP contribution in [0.25, 0.3) is 16.6 Å². The highest BCUT2D eigenvalue weighted by molar-refractivity contribution is 6.35. The van der Waals surface area contributed by atoms with Gasteiger partial charge >= 0.3 is 5.97 Å². The summed E-state index contributed by atoms with van der Waals surface area (Å²) in [5, 5.41) is 20.1. The maximum absolute atomic E-state index is 12.1. The van der Waals surface area contributed by atoms with Crippen LogP contribution in [0.4, 0.5) is 0 Å². The molecule has 0 aliphatic rings. The standard InChI is InChI=1S/C18H11Cl2N3O3/c19-11-5-10(6-12(20)7-11)18(25)26-9-16(24)13(8-21)17-22-14-3-1-2-4-15(14)23-17/h1-7,24H,9H2,(H,22,23)/b16-13+. The number of rotatable bonds is 4.